The lowest BCUT2D eigenvalue weighted by Crippen LogP contribution is -2.40. The van der Waals surface area contributed by atoms with Gasteiger partial charge >= 0.3 is 0 Å². The van der Waals surface area contributed by atoms with Crippen LogP contribution < -0.4 is 0 Å². The van der Waals surface area contributed by atoms with Crippen LogP contribution in [0.3, 0.4) is 0 Å². The van der Waals surface area contributed by atoms with E-state index in [1.54, 1.807) is 28.3 Å². The first kappa shape index (κ1) is 21.5. The fraction of sp³-hybridized carbons (Fsp3) is 0.455. The van der Waals surface area contributed by atoms with Gasteiger partial charge in [0.15, 0.2) is 0 Å². The lowest BCUT2D eigenvalue weighted by molar-refractivity contribution is -0.132. The lowest BCUT2D eigenvalue weighted by atomic mass is 10.2. The van der Waals surface area contributed by atoms with Crippen LogP contribution in [0.4, 0.5) is 0 Å². The minimum absolute atomic E-state index is 0.0129. The van der Waals surface area contributed by atoms with E-state index in [1.807, 2.05) is 12.1 Å². The van der Waals surface area contributed by atoms with Gasteiger partial charge in [-0.05, 0) is 30.5 Å². The number of carbonyl (C=O) groups is 2. The Morgan fingerprint density at radius 1 is 1.27 bits per heavy atom. The van der Waals surface area contributed by atoms with Gasteiger partial charge in [-0.2, -0.15) is 5.26 Å². The second kappa shape index (κ2) is 11.1. The van der Waals surface area contributed by atoms with Crippen LogP contribution in [0.25, 0.3) is 0 Å². The largest absolute Gasteiger partial charge is 0.472 e. The molecule has 2 amide bonds. The molecule has 1 aliphatic rings. The molecule has 0 radical (unpaired) electrons. The van der Waals surface area contributed by atoms with Gasteiger partial charge in [0.25, 0.3) is 5.91 Å². The minimum Gasteiger partial charge on any atom is -0.472 e. The normalized spacial score (nSPS) is 15.5. The van der Waals surface area contributed by atoms with E-state index < -0.39 is 0 Å². The van der Waals surface area contributed by atoms with Gasteiger partial charge in [0.05, 0.1) is 30.4 Å². The van der Waals surface area contributed by atoms with Gasteiger partial charge in [0.2, 0.25) is 5.91 Å². The molecular weight excluding hydrogens is 384 g/mol. The second-order valence-electron chi connectivity index (χ2n) is 7.23. The first-order valence-corrected chi connectivity index (χ1v) is 10.1. The predicted molar refractivity (Wildman–Crippen MR) is 108 cm³/mol. The summed E-state index contributed by atoms with van der Waals surface area (Å²) in [4.78, 5) is 33.2. The Hall–Kier alpha value is -3.18. The number of pyridine rings is 1. The van der Waals surface area contributed by atoms with E-state index in [2.05, 4.69) is 11.1 Å². The van der Waals surface area contributed by atoms with Gasteiger partial charge in [-0.25, -0.2) is 0 Å². The van der Waals surface area contributed by atoms with E-state index in [9.17, 15) is 9.59 Å². The molecule has 3 rings (SSSR count). The summed E-state index contributed by atoms with van der Waals surface area (Å²) >= 11 is 0. The van der Waals surface area contributed by atoms with Crippen LogP contribution in [0.5, 0.6) is 0 Å². The number of nitriles is 1. The molecule has 1 atom stereocenters. The second-order valence-corrected chi connectivity index (χ2v) is 7.23. The summed E-state index contributed by atoms with van der Waals surface area (Å²) in [7, 11) is 0. The Morgan fingerprint density at radius 3 is 2.83 bits per heavy atom. The number of carbonyl (C=O) groups excluding carboxylic acids is 2. The van der Waals surface area contributed by atoms with E-state index >= 15 is 0 Å². The number of furan rings is 1. The Labute approximate surface area is 176 Å². The number of amides is 2. The summed E-state index contributed by atoms with van der Waals surface area (Å²) in [6, 6.07) is 7.42. The van der Waals surface area contributed by atoms with Crippen molar-refractivity contribution in [2.45, 2.75) is 38.3 Å². The maximum atomic E-state index is 12.9. The van der Waals surface area contributed by atoms with E-state index in [1.165, 1.54) is 12.5 Å². The average Bonchev–Trinajstić information content (AvgIpc) is 3.48. The summed E-state index contributed by atoms with van der Waals surface area (Å²) in [6.07, 6.45) is 8.54. The Balaban J connectivity index is 1.64. The molecule has 8 heteroatoms. The summed E-state index contributed by atoms with van der Waals surface area (Å²) < 4.78 is 10.7. The number of aromatic nitrogens is 1. The molecule has 1 fully saturated rings. The minimum atomic E-state index is -0.178. The standard InChI is InChI=1S/C22H26N4O4/c23-8-3-10-25(15-18-4-1-9-24-14-18)21(27)6-11-26(16-20-5-2-12-30-20)22(28)19-7-13-29-17-19/h1,4,7,9,13-14,17,20H,2-3,5-6,10-12,15-16H2. The maximum Gasteiger partial charge on any atom is 0.257 e. The molecule has 0 saturated carbocycles. The van der Waals surface area contributed by atoms with Crippen LogP contribution in [-0.2, 0) is 16.1 Å². The van der Waals surface area contributed by atoms with Crippen LogP contribution in [0.2, 0.25) is 0 Å². The average molecular weight is 410 g/mol. The van der Waals surface area contributed by atoms with Gasteiger partial charge in [-0.3, -0.25) is 14.6 Å². The van der Waals surface area contributed by atoms with Crippen LogP contribution in [0.15, 0.2) is 47.5 Å². The van der Waals surface area contributed by atoms with E-state index in [4.69, 9.17) is 14.4 Å². The Bertz CT molecular complexity index is 842. The van der Waals surface area contributed by atoms with Gasteiger partial charge in [-0.1, -0.05) is 6.07 Å². The molecular formula is C22H26N4O4. The molecule has 158 valence electrons. The van der Waals surface area contributed by atoms with Crippen molar-refractivity contribution in [2.24, 2.45) is 0 Å². The van der Waals surface area contributed by atoms with Crippen molar-refractivity contribution in [3.63, 3.8) is 0 Å². The maximum absolute atomic E-state index is 12.9. The van der Waals surface area contributed by atoms with Gasteiger partial charge < -0.3 is 19.0 Å². The van der Waals surface area contributed by atoms with E-state index in [-0.39, 0.29) is 37.3 Å². The third-order valence-electron chi connectivity index (χ3n) is 5.04. The highest BCUT2D eigenvalue weighted by molar-refractivity contribution is 5.94. The zero-order valence-corrected chi connectivity index (χ0v) is 16.9. The number of nitrogens with zero attached hydrogens (tertiary/aromatic N) is 4. The number of ether oxygens (including phenoxy) is 1. The monoisotopic (exact) mass is 410 g/mol. The Kier molecular flexibility index (Phi) is 7.98. The smallest absolute Gasteiger partial charge is 0.257 e. The molecule has 0 spiro atoms. The van der Waals surface area contributed by atoms with Crippen LogP contribution >= 0.6 is 0 Å². The highest BCUT2D eigenvalue weighted by Crippen LogP contribution is 2.16. The first-order chi connectivity index (χ1) is 14.7. The Morgan fingerprint density at radius 2 is 2.17 bits per heavy atom. The lowest BCUT2D eigenvalue weighted by Gasteiger charge is -2.27. The molecule has 0 bridgehead atoms. The molecule has 1 saturated heterocycles. The van der Waals surface area contributed by atoms with Gasteiger partial charge in [-0.15, -0.1) is 0 Å². The molecule has 2 aromatic rings. The van der Waals surface area contributed by atoms with Crippen molar-refractivity contribution in [2.75, 3.05) is 26.2 Å². The fourth-order valence-electron chi connectivity index (χ4n) is 3.46. The van der Waals surface area contributed by atoms with E-state index in [0.29, 0.717) is 31.8 Å². The SMILES string of the molecule is N#CCCN(Cc1cccnc1)C(=O)CCN(CC1CCCO1)C(=O)c1ccoc1. The van der Waals surface area contributed by atoms with Crippen LogP contribution in [0, 0.1) is 11.3 Å². The first-order valence-electron chi connectivity index (χ1n) is 10.1. The summed E-state index contributed by atoms with van der Waals surface area (Å²) in [5.74, 6) is -0.283. The summed E-state index contributed by atoms with van der Waals surface area (Å²) in [5, 5.41) is 8.94. The fourth-order valence-corrected chi connectivity index (χ4v) is 3.46. The molecule has 1 aliphatic heterocycles. The van der Waals surface area contributed by atoms with E-state index in [0.717, 1.165) is 18.4 Å². The molecule has 30 heavy (non-hydrogen) atoms. The van der Waals surface area contributed by atoms with Crippen molar-refractivity contribution < 1.29 is 18.7 Å². The predicted octanol–water partition coefficient (Wildman–Crippen LogP) is 2.63. The molecule has 0 aliphatic carbocycles. The van der Waals surface area contributed by atoms with Crippen LogP contribution in [0.1, 0.15) is 41.6 Å². The molecule has 0 aromatic carbocycles. The molecule has 0 N–H and O–H groups in total. The topological polar surface area (TPSA) is 99.7 Å². The molecule has 2 aromatic heterocycles. The summed E-state index contributed by atoms with van der Waals surface area (Å²) in [5.41, 5.74) is 1.35. The van der Waals surface area contributed by atoms with Gasteiger partial charge in [0, 0.05) is 51.6 Å². The number of hydrogen-bond donors (Lipinski definition) is 0. The van der Waals surface area contributed by atoms with Crippen molar-refractivity contribution in [1.82, 2.24) is 14.8 Å². The summed E-state index contributed by atoms with van der Waals surface area (Å²) in [6.45, 7) is 2.14. The quantitative estimate of drug-likeness (QED) is 0.597. The highest BCUT2D eigenvalue weighted by Gasteiger charge is 2.25. The molecule has 8 nitrogen and oxygen atoms in total. The van der Waals surface area contributed by atoms with Crippen LogP contribution in [-0.4, -0.2) is 58.9 Å². The molecule has 1 unspecified atom stereocenters. The zero-order valence-electron chi connectivity index (χ0n) is 16.9. The molecule has 3 heterocycles. The van der Waals surface area contributed by atoms with Crippen molar-refractivity contribution >= 4 is 11.8 Å². The number of rotatable bonds is 10. The number of hydrogen-bond acceptors (Lipinski definition) is 6. The van der Waals surface area contributed by atoms with Gasteiger partial charge in [0.1, 0.15) is 6.26 Å². The third kappa shape index (κ3) is 6.16. The van der Waals surface area contributed by atoms with Crippen molar-refractivity contribution in [3.8, 4) is 6.07 Å². The third-order valence-corrected chi connectivity index (χ3v) is 5.04. The zero-order chi connectivity index (χ0) is 21.2. The van der Waals surface area contributed by atoms with Crippen molar-refractivity contribution in [1.29, 1.82) is 5.26 Å². The van der Waals surface area contributed by atoms with Crippen molar-refractivity contribution in [3.05, 3.63) is 54.2 Å². The highest BCUT2D eigenvalue weighted by atomic mass is 16.5.